The lowest BCUT2D eigenvalue weighted by molar-refractivity contribution is -0.144. The van der Waals surface area contributed by atoms with Crippen LogP contribution in [0.25, 0.3) is 10.9 Å². The van der Waals surface area contributed by atoms with Crippen molar-refractivity contribution in [2.24, 2.45) is 5.92 Å². The van der Waals surface area contributed by atoms with Gasteiger partial charge in [-0.2, -0.15) is 13.2 Å². The van der Waals surface area contributed by atoms with E-state index in [1.54, 1.807) is 26.1 Å². The quantitative estimate of drug-likeness (QED) is 0.734. The summed E-state index contributed by atoms with van der Waals surface area (Å²) in [6.45, 7) is 1.72. The minimum absolute atomic E-state index is 0.0137. The minimum atomic E-state index is -4.62. The molecule has 1 aliphatic rings. The molecule has 0 bridgehead atoms. The third-order valence-electron chi connectivity index (χ3n) is 4.89. The topological polar surface area (TPSA) is 66.9 Å². The first-order valence-corrected chi connectivity index (χ1v) is 9.51. The van der Waals surface area contributed by atoms with E-state index in [0.29, 0.717) is 36.6 Å². The molecule has 2 N–H and O–H groups in total. The Bertz CT molecular complexity index is 864. The van der Waals surface area contributed by atoms with Gasteiger partial charge in [-0.15, -0.1) is 0 Å². The van der Waals surface area contributed by atoms with E-state index in [0.717, 1.165) is 4.47 Å². The summed E-state index contributed by atoms with van der Waals surface area (Å²) >= 11 is 3.38. The standard InChI is InChI=1S/C18H20BrF3N4O/c1-9-7-11(19)8-13-14(9)25-17(18(20,21)22)26-15(13)24-12-5-3-10(4-6-12)16(27)23-2/h7-8,10,12H,3-6H2,1-2H3,(H,23,27)(H,24,25,26). The predicted octanol–water partition coefficient (Wildman–Crippen LogP) is 4.44. The summed E-state index contributed by atoms with van der Waals surface area (Å²) < 4.78 is 40.5. The van der Waals surface area contributed by atoms with Crippen molar-refractivity contribution in [3.05, 3.63) is 28.0 Å². The molecule has 1 aliphatic carbocycles. The molecular formula is C18H20BrF3N4O. The van der Waals surface area contributed by atoms with Crippen LogP contribution in [0.5, 0.6) is 0 Å². The minimum Gasteiger partial charge on any atom is -0.367 e. The Morgan fingerprint density at radius 3 is 2.44 bits per heavy atom. The molecule has 1 amide bonds. The number of amides is 1. The number of nitrogens with zero attached hydrogens (tertiary/aromatic N) is 2. The number of anilines is 1. The van der Waals surface area contributed by atoms with Gasteiger partial charge in [-0.3, -0.25) is 4.79 Å². The van der Waals surface area contributed by atoms with Crippen LogP contribution in [0, 0.1) is 12.8 Å². The SMILES string of the molecule is CNC(=O)C1CCC(Nc2nc(C(F)(F)F)nc3c(C)cc(Br)cc23)CC1. The van der Waals surface area contributed by atoms with Crippen molar-refractivity contribution in [3.8, 4) is 0 Å². The highest BCUT2D eigenvalue weighted by atomic mass is 79.9. The van der Waals surface area contributed by atoms with E-state index in [2.05, 4.69) is 36.5 Å². The van der Waals surface area contributed by atoms with Crippen molar-refractivity contribution in [1.29, 1.82) is 0 Å². The number of aryl methyl sites for hydroxylation is 1. The van der Waals surface area contributed by atoms with E-state index in [1.165, 1.54) is 0 Å². The maximum absolute atomic E-state index is 13.3. The highest BCUT2D eigenvalue weighted by Gasteiger charge is 2.36. The molecule has 3 rings (SSSR count). The normalized spacial score (nSPS) is 20.5. The molecule has 5 nitrogen and oxygen atoms in total. The largest absolute Gasteiger partial charge is 0.451 e. The Hall–Kier alpha value is -1.90. The van der Waals surface area contributed by atoms with Crippen molar-refractivity contribution in [1.82, 2.24) is 15.3 Å². The van der Waals surface area contributed by atoms with E-state index in [-0.39, 0.29) is 29.2 Å². The molecule has 0 spiro atoms. The van der Waals surface area contributed by atoms with Crippen molar-refractivity contribution in [2.45, 2.75) is 44.8 Å². The van der Waals surface area contributed by atoms with Gasteiger partial charge in [0.1, 0.15) is 5.82 Å². The first-order valence-electron chi connectivity index (χ1n) is 8.72. The summed E-state index contributed by atoms with van der Waals surface area (Å²) in [7, 11) is 1.61. The van der Waals surface area contributed by atoms with Gasteiger partial charge in [-0.25, -0.2) is 9.97 Å². The lowest BCUT2D eigenvalue weighted by Gasteiger charge is -2.29. The fourth-order valence-corrected chi connectivity index (χ4v) is 4.07. The summed E-state index contributed by atoms with van der Waals surface area (Å²) in [5.74, 6) is -1.00. The Morgan fingerprint density at radius 2 is 1.85 bits per heavy atom. The highest BCUT2D eigenvalue weighted by Crippen LogP contribution is 2.34. The van der Waals surface area contributed by atoms with Crippen LogP contribution >= 0.6 is 15.9 Å². The Labute approximate surface area is 163 Å². The van der Waals surface area contributed by atoms with Gasteiger partial charge in [0.15, 0.2) is 0 Å². The molecule has 0 unspecified atom stereocenters. The number of hydrogen-bond donors (Lipinski definition) is 2. The van der Waals surface area contributed by atoms with E-state index in [1.807, 2.05) is 0 Å². The molecule has 9 heteroatoms. The maximum atomic E-state index is 13.3. The molecule has 27 heavy (non-hydrogen) atoms. The number of carbonyl (C=O) groups excluding carboxylic acids is 1. The van der Waals surface area contributed by atoms with Crippen molar-refractivity contribution >= 4 is 38.6 Å². The zero-order valence-corrected chi connectivity index (χ0v) is 16.5. The first-order chi connectivity index (χ1) is 12.7. The van der Waals surface area contributed by atoms with E-state index >= 15 is 0 Å². The molecule has 146 valence electrons. The molecule has 1 saturated carbocycles. The molecule has 1 heterocycles. The number of hydrogen-bond acceptors (Lipinski definition) is 4. The summed E-state index contributed by atoms with van der Waals surface area (Å²) in [6.07, 6.45) is -1.86. The molecule has 0 aliphatic heterocycles. The van der Waals surface area contributed by atoms with Crippen molar-refractivity contribution in [3.63, 3.8) is 0 Å². The predicted molar refractivity (Wildman–Crippen MR) is 100 cm³/mol. The average molecular weight is 445 g/mol. The summed E-state index contributed by atoms with van der Waals surface area (Å²) in [6, 6.07) is 3.42. The molecule has 1 fully saturated rings. The van der Waals surface area contributed by atoms with Gasteiger partial charge >= 0.3 is 6.18 Å². The van der Waals surface area contributed by atoms with Crippen LogP contribution in [0.3, 0.4) is 0 Å². The third kappa shape index (κ3) is 4.34. The van der Waals surface area contributed by atoms with Crippen LogP contribution in [-0.4, -0.2) is 29.0 Å². The average Bonchev–Trinajstić information content (AvgIpc) is 2.61. The Kier molecular flexibility index (Phi) is 5.60. The fraction of sp³-hybridized carbons (Fsp3) is 0.500. The molecule has 0 atom stereocenters. The first kappa shape index (κ1) is 19.9. The van der Waals surface area contributed by atoms with Gasteiger partial charge < -0.3 is 10.6 Å². The second-order valence-corrected chi connectivity index (χ2v) is 7.74. The molecule has 2 aromatic rings. The molecule has 0 radical (unpaired) electrons. The van der Waals surface area contributed by atoms with Gasteiger partial charge in [0.2, 0.25) is 11.7 Å². The Balaban J connectivity index is 1.92. The lowest BCUT2D eigenvalue weighted by atomic mass is 9.85. The number of fused-ring (bicyclic) bond motifs is 1. The van der Waals surface area contributed by atoms with E-state index < -0.39 is 12.0 Å². The number of nitrogens with one attached hydrogen (secondary N) is 2. The van der Waals surface area contributed by atoms with Crippen LogP contribution in [0.2, 0.25) is 0 Å². The third-order valence-corrected chi connectivity index (χ3v) is 5.35. The highest BCUT2D eigenvalue weighted by molar-refractivity contribution is 9.10. The zero-order valence-electron chi connectivity index (χ0n) is 15.0. The van der Waals surface area contributed by atoms with Gasteiger partial charge in [0, 0.05) is 28.9 Å². The van der Waals surface area contributed by atoms with Crippen molar-refractivity contribution < 1.29 is 18.0 Å². The van der Waals surface area contributed by atoms with Gasteiger partial charge in [0.05, 0.1) is 5.52 Å². The second kappa shape index (κ2) is 7.61. The van der Waals surface area contributed by atoms with Crippen LogP contribution < -0.4 is 10.6 Å². The van der Waals surface area contributed by atoms with E-state index in [4.69, 9.17) is 0 Å². The lowest BCUT2D eigenvalue weighted by Crippen LogP contribution is -2.34. The van der Waals surface area contributed by atoms with Crippen LogP contribution in [0.15, 0.2) is 16.6 Å². The van der Waals surface area contributed by atoms with Crippen LogP contribution in [0.1, 0.15) is 37.1 Å². The molecule has 1 aromatic heterocycles. The maximum Gasteiger partial charge on any atom is 0.451 e. The van der Waals surface area contributed by atoms with Crippen LogP contribution in [0.4, 0.5) is 19.0 Å². The van der Waals surface area contributed by atoms with E-state index in [9.17, 15) is 18.0 Å². The summed E-state index contributed by atoms with van der Waals surface area (Å²) in [5.41, 5.74) is 0.917. The molecule has 1 aromatic carbocycles. The molecular weight excluding hydrogens is 425 g/mol. The number of carbonyl (C=O) groups is 1. The molecule has 0 saturated heterocycles. The number of aromatic nitrogens is 2. The Morgan fingerprint density at radius 1 is 1.19 bits per heavy atom. The van der Waals surface area contributed by atoms with Gasteiger partial charge in [-0.1, -0.05) is 15.9 Å². The second-order valence-electron chi connectivity index (χ2n) is 6.82. The van der Waals surface area contributed by atoms with Gasteiger partial charge in [-0.05, 0) is 50.3 Å². The number of rotatable bonds is 3. The summed E-state index contributed by atoms with van der Waals surface area (Å²) in [5, 5.41) is 6.36. The van der Waals surface area contributed by atoms with Crippen molar-refractivity contribution in [2.75, 3.05) is 12.4 Å². The fourth-order valence-electron chi connectivity index (χ4n) is 3.50. The zero-order chi connectivity index (χ0) is 19.8. The number of alkyl halides is 3. The monoisotopic (exact) mass is 444 g/mol. The smallest absolute Gasteiger partial charge is 0.367 e. The summed E-state index contributed by atoms with van der Waals surface area (Å²) in [4.78, 5) is 19.3. The number of halogens is 4. The van der Waals surface area contributed by atoms with Gasteiger partial charge in [0.25, 0.3) is 0 Å². The van der Waals surface area contributed by atoms with Crippen LogP contribution in [-0.2, 0) is 11.0 Å². The number of benzene rings is 1.